The third kappa shape index (κ3) is 5.98. The van der Waals surface area contributed by atoms with Crippen LogP contribution in [0.15, 0.2) is 4.99 Å². The van der Waals surface area contributed by atoms with Crippen molar-refractivity contribution >= 4 is 5.96 Å². The van der Waals surface area contributed by atoms with Crippen LogP contribution in [0.5, 0.6) is 0 Å². The van der Waals surface area contributed by atoms with Crippen LogP contribution in [0.25, 0.3) is 0 Å². The second kappa shape index (κ2) is 7.40. The number of nitrogens with one attached hydrogen (secondary N) is 1. The molecule has 1 heterocycles. The van der Waals surface area contributed by atoms with Gasteiger partial charge < -0.3 is 15.0 Å². The number of piperidine rings is 1. The Balaban J connectivity index is 2.49. The Kier molecular flexibility index (Phi) is 6.17. The highest BCUT2D eigenvalue weighted by Gasteiger charge is 2.25. The van der Waals surface area contributed by atoms with Crippen molar-refractivity contribution < 1.29 is 4.74 Å². The van der Waals surface area contributed by atoms with Crippen LogP contribution in [0.4, 0.5) is 0 Å². The van der Waals surface area contributed by atoms with Crippen molar-refractivity contribution in [1.82, 2.24) is 10.2 Å². The molecule has 1 aliphatic rings. The van der Waals surface area contributed by atoms with E-state index in [0.717, 1.165) is 38.4 Å². The van der Waals surface area contributed by atoms with Gasteiger partial charge in [0.1, 0.15) is 6.54 Å². The van der Waals surface area contributed by atoms with Gasteiger partial charge in [0.05, 0.1) is 11.7 Å². The molecular formula is C15H27N3O. The van der Waals surface area contributed by atoms with Crippen molar-refractivity contribution in [2.24, 2.45) is 4.99 Å². The van der Waals surface area contributed by atoms with Gasteiger partial charge in [-0.2, -0.15) is 0 Å². The maximum absolute atomic E-state index is 6.03. The van der Waals surface area contributed by atoms with E-state index in [0.29, 0.717) is 12.6 Å². The smallest absolute Gasteiger partial charge is 0.194 e. The SMILES string of the molecule is C#CCN=C(NCC)N1CCC(OC(C)(C)C)CC1. The fourth-order valence-electron chi connectivity index (χ4n) is 2.23. The maximum atomic E-state index is 6.03. The van der Waals surface area contributed by atoms with Gasteiger partial charge in [-0.05, 0) is 40.5 Å². The van der Waals surface area contributed by atoms with Gasteiger partial charge in [-0.1, -0.05) is 5.92 Å². The minimum Gasteiger partial charge on any atom is -0.372 e. The molecule has 19 heavy (non-hydrogen) atoms. The summed E-state index contributed by atoms with van der Waals surface area (Å²) in [5.74, 6) is 3.48. The lowest BCUT2D eigenvalue weighted by molar-refractivity contribution is -0.0772. The number of rotatable bonds is 3. The van der Waals surface area contributed by atoms with E-state index in [9.17, 15) is 0 Å². The summed E-state index contributed by atoms with van der Waals surface area (Å²) in [6, 6.07) is 0. The summed E-state index contributed by atoms with van der Waals surface area (Å²) in [4.78, 5) is 6.68. The molecule has 0 unspecified atom stereocenters. The predicted octanol–water partition coefficient (Wildman–Crippen LogP) is 1.86. The maximum Gasteiger partial charge on any atom is 0.194 e. The standard InChI is InChI=1S/C15H27N3O/c1-6-10-17-14(16-7-2)18-11-8-13(9-12-18)19-15(3,4)5/h1,13H,7-12H2,2-5H3,(H,16,17). The number of likely N-dealkylation sites (tertiary alicyclic amines) is 1. The van der Waals surface area contributed by atoms with Gasteiger partial charge in [-0.3, -0.25) is 0 Å². The van der Waals surface area contributed by atoms with Gasteiger partial charge in [0.2, 0.25) is 0 Å². The highest BCUT2D eigenvalue weighted by Crippen LogP contribution is 2.20. The zero-order valence-corrected chi connectivity index (χ0v) is 12.7. The molecule has 0 aliphatic carbocycles. The van der Waals surface area contributed by atoms with E-state index in [-0.39, 0.29) is 5.60 Å². The van der Waals surface area contributed by atoms with Gasteiger partial charge in [0, 0.05) is 19.6 Å². The van der Waals surface area contributed by atoms with E-state index in [2.05, 4.69) is 48.8 Å². The summed E-state index contributed by atoms with van der Waals surface area (Å²) in [7, 11) is 0. The summed E-state index contributed by atoms with van der Waals surface area (Å²) < 4.78 is 6.03. The van der Waals surface area contributed by atoms with Gasteiger partial charge in [-0.15, -0.1) is 6.42 Å². The molecular weight excluding hydrogens is 238 g/mol. The van der Waals surface area contributed by atoms with Crippen LogP contribution in [0.1, 0.15) is 40.5 Å². The van der Waals surface area contributed by atoms with Crippen molar-refractivity contribution in [2.45, 2.75) is 52.2 Å². The van der Waals surface area contributed by atoms with E-state index in [1.165, 1.54) is 0 Å². The molecule has 0 bridgehead atoms. The van der Waals surface area contributed by atoms with E-state index < -0.39 is 0 Å². The van der Waals surface area contributed by atoms with Crippen LogP contribution >= 0.6 is 0 Å². The van der Waals surface area contributed by atoms with Gasteiger partial charge in [0.15, 0.2) is 5.96 Å². The molecule has 0 aromatic heterocycles. The Hall–Kier alpha value is -1.21. The Bertz CT molecular complexity index is 330. The van der Waals surface area contributed by atoms with Crippen LogP contribution in [0, 0.1) is 12.3 Å². The molecule has 1 saturated heterocycles. The number of nitrogens with zero attached hydrogens (tertiary/aromatic N) is 2. The molecule has 0 radical (unpaired) electrons. The lowest BCUT2D eigenvalue weighted by atomic mass is 10.1. The molecule has 0 atom stereocenters. The molecule has 4 nitrogen and oxygen atoms in total. The molecule has 0 aromatic carbocycles. The quantitative estimate of drug-likeness (QED) is 0.481. The van der Waals surface area contributed by atoms with Crippen LogP contribution in [-0.2, 0) is 4.74 Å². The van der Waals surface area contributed by atoms with Crippen molar-refractivity contribution in [3.05, 3.63) is 0 Å². The number of hydrogen-bond donors (Lipinski definition) is 1. The molecule has 0 spiro atoms. The van der Waals surface area contributed by atoms with E-state index in [1.807, 2.05) is 0 Å². The number of terminal acetylenes is 1. The Morgan fingerprint density at radius 3 is 2.53 bits per heavy atom. The first-order chi connectivity index (χ1) is 8.96. The number of aliphatic imine (C=N–C) groups is 1. The fraction of sp³-hybridized carbons (Fsp3) is 0.800. The highest BCUT2D eigenvalue weighted by molar-refractivity contribution is 5.80. The predicted molar refractivity (Wildman–Crippen MR) is 80.2 cm³/mol. The molecule has 1 N–H and O–H groups in total. The summed E-state index contributed by atoms with van der Waals surface area (Å²) in [6.45, 7) is 11.6. The van der Waals surface area contributed by atoms with Crippen molar-refractivity contribution in [1.29, 1.82) is 0 Å². The first-order valence-electron chi connectivity index (χ1n) is 7.11. The minimum atomic E-state index is -0.0606. The number of guanidine groups is 1. The third-order valence-electron chi connectivity index (χ3n) is 2.92. The molecule has 108 valence electrons. The summed E-state index contributed by atoms with van der Waals surface area (Å²) >= 11 is 0. The molecule has 1 rings (SSSR count). The van der Waals surface area contributed by atoms with E-state index in [4.69, 9.17) is 11.2 Å². The second-order valence-corrected chi connectivity index (χ2v) is 5.79. The summed E-state index contributed by atoms with van der Waals surface area (Å²) in [5, 5.41) is 3.29. The van der Waals surface area contributed by atoms with Crippen LogP contribution in [0.2, 0.25) is 0 Å². The van der Waals surface area contributed by atoms with Crippen molar-refractivity contribution in [2.75, 3.05) is 26.2 Å². The molecule has 4 heteroatoms. The van der Waals surface area contributed by atoms with E-state index in [1.54, 1.807) is 0 Å². The second-order valence-electron chi connectivity index (χ2n) is 5.79. The summed E-state index contributed by atoms with van der Waals surface area (Å²) in [5.41, 5.74) is -0.0606. The van der Waals surface area contributed by atoms with Crippen molar-refractivity contribution in [3.63, 3.8) is 0 Å². The average molecular weight is 265 g/mol. The van der Waals surface area contributed by atoms with Crippen LogP contribution in [0.3, 0.4) is 0 Å². The van der Waals surface area contributed by atoms with Crippen LogP contribution < -0.4 is 5.32 Å². The molecule has 1 aliphatic heterocycles. The minimum absolute atomic E-state index is 0.0606. The molecule has 1 fully saturated rings. The number of hydrogen-bond acceptors (Lipinski definition) is 2. The Morgan fingerprint density at radius 2 is 2.05 bits per heavy atom. The van der Waals surface area contributed by atoms with Crippen LogP contribution in [-0.4, -0.2) is 48.7 Å². The lowest BCUT2D eigenvalue weighted by Gasteiger charge is -2.36. The van der Waals surface area contributed by atoms with Gasteiger partial charge in [-0.25, -0.2) is 4.99 Å². The van der Waals surface area contributed by atoms with Gasteiger partial charge in [0.25, 0.3) is 0 Å². The van der Waals surface area contributed by atoms with Gasteiger partial charge >= 0.3 is 0 Å². The van der Waals surface area contributed by atoms with Crippen molar-refractivity contribution in [3.8, 4) is 12.3 Å². The fourth-order valence-corrected chi connectivity index (χ4v) is 2.23. The zero-order chi connectivity index (χ0) is 14.3. The number of ether oxygens (including phenoxy) is 1. The first kappa shape index (κ1) is 15.8. The first-order valence-corrected chi connectivity index (χ1v) is 7.11. The molecule has 0 saturated carbocycles. The Labute approximate surface area is 117 Å². The zero-order valence-electron chi connectivity index (χ0n) is 12.7. The lowest BCUT2D eigenvalue weighted by Crippen LogP contribution is -2.48. The third-order valence-corrected chi connectivity index (χ3v) is 2.92. The normalized spacial score (nSPS) is 18.3. The topological polar surface area (TPSA) is 36.9 Å². The summed E-state index contributed by atoms with van der Waals surface area (Å²) in [6.07, 6.45) is 7.70. The van der Waals surface area contributed by atoms with E-state index >= 15 is 0 Å². The monoisotopic (exact) mass is 265 g/mol. The largest absolute Gasteiger partial charge is 0.372 e. The highest BCUT2D eigenvalue weighted by atomic mass is 16.5. The molecule has 0 amide bonds. The average Bonchev–Trinajstić information content (AvgIpc) is 2.34. The molecule has 0 aromatic rings. The Morgan fingerprint density at radius 1 is 1.42 bits per heavy atom.